The molecule has 3 N–H and O–H groups in total. The van der Waals surface area contributed by atoms with E-state index in [0.29, 0.717) is 28.7 Å². The largest absolute Gasteiger partial charge is 0.396 e. The van der Waals surface area contributed by atoms with Crippen LogP contribution in [0.15, 0.2) is 40.2 Å². The third kappa shape index (κ3) is 3.70. The lowest BCUT2D eigenvalue weighted by atomic mass is 10.1. The molecule has 4 heterocycles. The van der Waals surface area contributed by atoms with Crippen molar-refractivity contribution in [2.24, 2.45) is 15.7 Å². The summed E-state index contributed by atoms with van der Waals surface area (Å²) in [6.07, 6.45) is 5.10. The van der Waals surface area contributed by atoms with Crippen molar-refractivity contribution in [2.45, 2.75) is 0 Å². The molecule has 4 rings (SSSR count). The van der Waals surface area contributed by atoms with E-state index < -0.39 is 0 Å². The molecule has 0 saturated carbocycles. The Hall–Kier alpha value is -3.27. The van der Waals surface area contributed by atoms with Crippen LogP contribution in [0.25, 0.3) is 5.65 Å². The maximum atomic E-state index is 8.29. The Morgan fingerprint density at radius 3 is 2.66 bits per heavy atom. The number of dihydropyridines is 1. The number of aliphatic imine (C=N–C) groups is 2. The van der Waals surface area contributed by atoms with Gasteiger partial charge in [0.1, 0.15) is 17.2 Å². The molecule has 10 nitrogen and oxygen atoms in total. The van der Waals surface area contributed by atoms with Gasteiger partial charge in [0.15, 0.2) is 17.3 Å². The molecule has 0 atom stereocenters. The summed E-state index contributed by atoms with van der Waals surface area (Å²) in [5.74, 6) is 1.82. The molecule has 2 aliphatic rings. The summed E-state index contributed by atoms with van der Waals surface area (Å²) in [6.45, 7) is 3.76. The predicted octanol–water partition coefficient (Wildman–Crippen LogP) is 0.492. The lowest BCUT2D eigenvalue weighted by Gasteiger charge is -2.40. The van der Waals surface area contributed by atoms with Gasteiger partial charge in [0.2, 0.25) is 0 Å². The monoisotopic (exact) mass is 395 g/mol. The standard InChI is InChI=1S/C19H27N10/c1-26(2)16-5-6-28-19(24-16)15(12-22-28)23-17-13(20)11-14(21)18(25-17)27-7-9-29(3,4)10-8-27/h5-6,11-12,20H,7-10,21H2,1-4H3/q+1. The van der Waals surface area contributed by atoms with Crippen LogP contribution >= 0.6 is 0 Å². The molecule has 29 heavy (non-hydrogen) atoms. The molecule has 0 aliphatic carbocycles. The van der Waals surface area contributed by atoms with Crippen molar-refractivity contribution in [2.75, 3.05) is 59.3 Å². The normalized spacial score (nSPS) is 20.8. The van der Waals surface area contributed by atoms with Gasteiger partial charge in [-0.2, -0.15) is 5.10 Å². The van der Waals surface area contributed by atoms with Gasteiger partial charge in [0.25, 0.3) is 0 Å². The Morgan fingerprint density at radius 1 is 1.24 bits per heavy atom. The molecule has 0 unspecified atom stereocenters. The molecule has 0 aromatic carbocycles. The first-order chi connectivity index (χ1) is 13.7. The second kappa shape index (κ2) is 6.96. The van der Waals surface area contributed by atoms with Crippen LogP contribution in [-0.2, 0) is 0 Å². The number of amidine groups is 2. The summed E-state index contributed by atoms with van der Waals surface area (Å²) in [5.41, 5.74) is 8.08. The predicted molar refractivity (Wildman–Crippen MR) is 115 cm³/mol. The molecule has 10 heteroatoms. The van der Waals surface area contributed by atoms with E-state index in [0.717, 1.165) is 36.5 Å². The smallest absolute Gasteiger partial charge is 0.183 e. The van der Waals surface area contributed by atoms with Gasteiger partial charge in [-0.25, -0.2) is 19.5 Å². The number of hydrogen-bond donors (Lipinski definition) is 2. The number of likely N-dealkylation sites (N-methyl/N-ethyl adjacent to an activating group) is 1. The Bertz CT molecular complexity index is 1050. The van der Waals surface area contributed by atoms with E-state index in [1.807, 2.05) is 31.3 Å². The lowest BCUT2D eigenvalue weighted by molar-refractivity contribution is -0.894. The lowest BCUT2D eigenvalue weighted by Crippen LogP contribution is -2.57. The summed E-state index contributed by atoms with van der Waals surface area (Å²) < 4.78 is 2.64. The highest BCUT2D eigenvalue weighted by atomic mass is 15.4. The molecule has 0 bridgehead atoms. The molecule has 152 valence electrons. The van der Waals surface area contributed by atoms with Crippen molar-refractivity contribution < 1.29 is 4.48 Å². The SMILES string of the molecule is CN(C)c1ccn2ncc(N=C3N=C(N4CC[N+](C)(C)CC4)C(N)=CC3=N)c2n1. The van der Waals surface area contributed by atoms with Gasteiger partial charge in [-0.3, -0.25) is 5.41 Å². The van der Waals surface area contributed by atoms with Crippen molar-refractivity contribution >= 4 is 34.5 Å². The molecule has 0 amide bonds. The number of piperazine rings is 1. The summed E-state index contributed by atoms with van der Waals surface area (Å²) in [4.78, 5) is 18.0. The fraction of sp³-hybridized carbons (Fsp3) is 0.421. The third-order valence-electron chi connectivity index (χ3n) is 5.28. The number of nitrogens with zero attached hydrogens (tertiary/aromatic N) is 8. The van der Waals surface area contributed by atoms with Gasteiger partial charge in [-0.15, -0.1) is 0 Å². The van der Waals surface area contributed by atoms with E-state index in [2.05, 4.69) is 39.1 Å². The van der Waals surface area contributed by atoms with Crippen LogP contribution < -0.4 is 10.6 Å². The van der Waals surface area contributed by atoms with Crippen LogP contribution in [0, 0.1) is 5.41 Å². The van der Waals surface area contributed by atoms with Crippen molar-refractivity contribution in [3.63, 3.8) is 0 Å². The van der Waals surface area contributed by atoms with Crippen LogP contribution in [0.4, 0.5) is 11.5 Å². The molecule has 2 aromatic rings. The van der Waals surface area contributed by atoms with Gasteiger partial charge < -0.3 is 20.0 Å². The topological polar surface area (TPSA) is 111 Å². The summed E-state index contributed by atoms with van der Waals surface area (Å²) in [5, 5.41) is 12.6. The average Bonchev–Trinajstić information content (AvgIpc) is 3.06. The molecular formula is C19H27N10+. The fourth-order valence-corrected chi connectivity index (χ4v) is 3.36. The Labute approximate surface area is 169 Å². The molecule has 1 saturated heterocycles. The molecular weight excluding hydrogens is 368 g/mol. The minimum Gasteiger partial charge on any atom is -0.396 e. The van der Waals surface area contributed by atoms with E-state index in [1.165, 1.54) is 0 Å². The number of hydrogen-bond acceptors (Lipinski definition) is 7. The number of nitrogens with one attached hydrogen (secondary N) is 1. The van der Waals surface area contributed by atoms with Crippen LogP contribution in [0.5, 0.6) is 0 Å². The maximum Gasteiger partial charge on any atom is 0.183 e. The van der Waals surface area contributed by atoms with Gasteiger partial charge in [-0.05, 0) is 12.1 Å². The van der Waals surface area contributed by atoms with Gasteiger partial charge in [0, 0.05) is 20.3 Å². The van der Waals surface area contributed by atoms with E-state index in [-0.39, 0.29) is 5.71 Å². The minimum absolute atomic E-state index is 0.183. The van der Waals surface area contributed by atoms with Crippen molar-refractivity contribution in [3.8, 4) is 0 Å². The van der Waals surface area contributed by atoms with Crippen molar-refractivity contribution in [1.29, 1.82) is 5.41 Å². The fourth-order valence-electron chi connectivity index (χ4n) is 3.36. The summed E-state index contributed by atoms with van der Waals surface area (Å²) in [6, 6.07) is 1.88. The molecule has 2 aliphatic heterocycles. The second-order valence-electron chi connectivity index (χ2n) is 8.23. The van der Waals surface area contributed by atoms with E-state index in [9.17, 15) is 0 Å². The summed E-state index contributed by atoms with van der Waals surface area (Å²) >= 11 is 0. The van der Waals surface area contributed by atoms with E-state index in [1.54, 1.807) is 16.8 Å². The first-order valence-electron chi connectivity index (χ1n) is 9.56. The van der Waals surface area contributed by atoms with E-state index >= 15 is 0 Å². The van der Waals surface area contributed by atoms with Crippen LogP contribution in [-0.4, -0.2) is 95.7 Å². The second-order valence-corrected chi connectivity index (χ2v) is 8.23. The molecule has 0 radical (unpaired) electrons. The highest BCUT2D eigenvalue weighted by molar-refractivity contribution is 6.49. The molecule has 2 aromatic heterocycles. The number of anilines is 1. The zero-order chi connectivity index (χ0) is 20.8. The molecule has 0 spiro atoms. The zero-order valence-corrected chi connectivity index (χ0v) is 17.3. The first kappa shape index (κ1) is 19.1. The molecule has 1 fully saturated rings. The van der Waals surface area contributed by atoms with Crippen LogP contribution in [0.2, 0.25) is 0 Å². The first-order valence-corrected chi connectivity index (χ1v) is 9.56. The number of aromatic nitrogens is 3. The van der Waals surface area contributed by atoms with Gasteiger partial charge in [0.05, 0.1) is 52.2 Å². The number of fused-ring (bicyclic) bond motifs is 1. The number of nitrogens with two attached hydrogens (primary N) is 1. The third-order valence-corrected chi connectivity index (χ3v) is 5.28. The Kier molecular flexibility index (Phi) is 4.58. The van der Waals surface area contributed by atoms with Crippen molar-refractivity contribution in [1.82, 2.24) is 19.5 Å². The van der Waals surface area contributed by atoms with Gasteiger partial charge in [-0.1, -0.05) is 0 Å². The highest BCUT2D eigenvalue weighted by Crippen LogP contribution is 2.22. The number of rotatable bonds is 2. The zero-order valence-electron chi connectivity index (χ0n) is 17.3. The van der Waals surface area contributed by atoms with Crippen molar-refractivity contribution in [3.05, 3.63) is 30.2 Å². The quantitative estimate of drug-likeness (QED) is 0.719. The maximum absolute atomic E-state index is 8.29. The Balaban J connectivity index is 1.69. The van der Waals surface area contributed by atoms with Crippen LogP contribution in [0.1, 0.15) is 0 Å². The van der Waals surface area contributed by atoms with Gasteiger partial charge >= 0.3 is 0 Å². The average molecular weight is 395 g/mol. The van der Waals surface area contributed by atoms with Crippen LogP contribution in [0.3, 0.4) is 0 Å². The Morgan fingerprint density at radius 2 is 1.97 bits per heavy atom. The minimum atomic E-state index is 0.183. The number of quaternary nitrogens is 1. The highest BCUT2D eigenvalue weighted by Gasteiger charge is 2.29. The summed E-state index contributed by atoms with van der Waals surface area (Å²) in [7, 11) is 8.31. The van der Waals surface area contributed by atoms with E-state index in [4.69, 9.17) is 11.1 Å².